The highest BCUT2D eigenvalue weighted by Crippen LogP contribution is 2.11. The van der Waals surface area contributed by atoms with E-state index in [-0.39, 0.29) is 6.04 Å². The molecule has 0 amide bonds. The molecule has 0 unspecified atom stereocenters. The predicted molar refractivity (Wildman–Crippen MR) is 45.3 cm³/mol. The molecular formula is C9H13NO. The number of hydrogen-bond acceptors (Lipinski definition) is 2. The van der Waals surface area contributed by atoms with Crippen molar-refractivity contribution in [3.8, 4) is 0 Å². The highest BCUT2D eigenvalue weighted by molar-refractivity contribution is 5.03. The maximum Gasteiger partial charge on any atom is 0.120 e. The van der Waals surface area contributed by atoms with Gasteiger partial charge in [-0.25, -0.2) is 0 Å². The lowest BCUT2D eigenvalue weighted by atomic mass is 10.2. The lowest BCUT2D eigenvalue weighted by Gasteiger charge is -2.07. The first-order chi connectivity index (χ1) is 5.34. The third-order valence-electron chi connectivity index (χ3n) is 1.54. The Morgan fingerprint density at radius 1 is 1.82 bits per heavy atom. The van der Waals surface area contributed by atoms with Crippen molar-refractivity contribution in [3.63, 3.8) is 0 Å². The lowest BCUT2D eigenvalue weighted by Crippen LogP contribution is -2.17. The van der Waals surface area contributed by atoms with E-state index in [1.807, 2.05) is 18.2 Å². The van der Waals surface area contributed by atoms with Gasteiger partial charge in [0.2, 0.25) is 0 Å². The van der Waals surface area contributed by atoms with Crippen molar-refractivity contribution in [1.82, 2.24) is 5.32 Å². The number of rotatable bonds is 4. The van der Waals surface area contributed by atoms with Crippen molar-refractivity contribution in [2.45, 2.75) is 13.0 Å². The molecule has 2 heteroatoms. The zero-order valence-corrected chi connectivity index (χ0v) is 6.71. The molecular weight excluding hydrogens is 138 g/mol. The lowest BCUT2D eigenvalue weighted by molar-refractivity contribution is 0.442. The quantitative estimate of drug-likeness (QED) is 0.667. The van der Waals surface area contributed by atoms with Crippen molar-refractivity contribution in [2.75, 3.05) is 6.54 Å². The van der Waals surface area contributed by atoms with Gasteiger partial charge >= 0.3 is 0 Å². The molecule has 11 heavy (non-hydrogen) atoms. The molecule has 1 heterocycles. The molecule has 1 rings (SSSR count). The van der Waals surface area contributed by atoms with Gasteiger partial charge in [-0.1, -0.05) is 6.08 Å². The van der Waals surface area contributed by atoms with E-state index in [9.17, 15) is 0 Å². The van der Waals surface area contributed by atoms with Crippen LogP contribution in [-0.4, -0.2) is 6.54 Å². The standard InChI is InChI=1S/C9H13NO/c1-3-6-10-8(2)9-5-4-7-11-9/h3-5,7-8,10H,1,6H2,2H3/t8-/m0/s1. The van der Waals surface area contributed by atoms with E-state index in [4.69, 9.17) is 4.42 Å². The summed E-state index contributed by atoms with van der Waals surface area (Å²) in [7, 11) is 0. The van der Waals surface area contributed by atoms with Crippen LogP contribution in [0, 0.1) is 0 Å². The van der Waals surface area contributed by atoms with Crippen molar-refractivity contribution in [1.29, 1.82) is 0 Å². The summed E-state index contributed by atoms with van der Waals surface area (Å²) in [5, 5.41) is 3.22. The fourth-order valence-corrected chi connectivity index (χ4v) is 0.898. The molecule has 0 saturated carbocycles. The van der Waals surface area contributed by atoms with Crippen LogP contribution in [0.1, 0.15) is 18.7 Å². The van der Waals surface area contributed by atoms with Gasteiger partial charge in [0.15, 0.2) is 0 Å². The van der Waals surface area contributed by atoms with E-state index >= 15 is 0 Å². The topological polar surface area (TPSA) is 25.2 Å². The highest BCUT2D eigenvalue weighted by atomic mass is 16.3. The Kier molecular flexibility index (Phi) is 2.93. The average Bonchev–Trinajstić information content (AvgIpc) is 2.52. The smallest absolute Gasteiger partial charge is 0.120 e. The third kappa shape index (κ3) is 2.24. The summed E-state index contributed by atoms with van der Waals surface area (Å²) in [4.78, 5) is 0. The summed E-state index contributed by atoms with van der Waals surface area (Å²) >= 11 is 0. The molecule has 0 bridgehead atoms. The van der Waals surface area contributed by atoms with Gasteiger partial charge < -0.3 is 9.73 Å². The Bertz CT molecular complexity index is 203. The SMILES string of the molecule is C=CCN[C@@H](C)c1ccco1. The number of hydrogen-bond donors (Lipinski definition) is 1. The molecule has 0 aliphatic carbocycles. The van der Waals surface area contributed by atoms with Crippen LogP contribution < -0.4 is 5.32 Å². The van der Waals surface area contributed by atoms with Crippen LogP contribution in [-0.2, 0) is 0 Å². The molecule has 0 aromatic carbocycles. The molecule has 1 aromatic heterocycles. The molecule has 0 aliphatic rings. The van der Waals surface area contributed by atoms with Crippen LogP contribution in [0.3, 0.4) is 0 Å². The van der Waals surface area contributed by atoms with Crippen LogP contribution in [0.5, 0.6) is 0 Å². The Labute approximate surface area is 66.9 Å². The second-order valence-electron chi connectivity index (χ2n) is 2.43. The Morgan fingerprint density at radius 2 is 2.64 bits per heavy atom. The molecule has 2 nitrogen and oxygen atoms in total. The minimum absolute atomic E-state index is 0.267. The van der Waals surface area contributed by atoms with Gasteiger partial charge in [-0.05, 0) is 19.1 Å². The molecule has 1 atom stereocenters. The normalized spacial score (nSPS) is 12.8. The summed E-state index contributed by atoms with van der Waals surface area (Å²) in [5.74, 6) is 0.965. The molecule has 0 spiro atoms. The van der Waals surface area contributed by atoms with Gasteiger partial charge in [-0.3, -0.25) is 0 Å². The van der Waals surface area contributed by atoms with Crippen molar-refractivity contribution in [3.05, 3.63) is 36.8 Å². The van der Waals surface area contributed by atoms with Crippen molar-refractivity contribution >= 4 is 0 Å². The first-order valence-electron chi connectivity index (χ1n) is 3.72. The van der Waals surface area contributed by atoms with Crippen LogP contribution in [0.15, 0.2) is 35.5 Å². The van der Waals surface area contributed by atoms with Crippen LogP contribution >= 0.6 is 0 Å². The van der Waals surface area contributed by atoms with Gasteiger partial charge in [0, 0.05) is 6.54 Å². The fourth-order valence-electron chi connectivity index (χ4n) is 0.898. The maximum atomic E-state index is 5.20. The van der Waals surface area contributed by atoms with E-state index in [0.29, 0.717) is 0 Å². The predicted octanol–water partition coefficient (Wildman–Crippen LogP) is 2.12. The fraction of sp³-hybridized carbons (Fsp3) is 0.333. The van der Waals surface area contributed by atoms with Crippen molar-refractivity contribution in [2.24, 2.45) is 0 Å². The summed E-state index contributed by atoms with van der Waals surface area (Å²) in [6.45, 7) is 6.49. The van der Waals surface area contributed by atoms with Gasteiger partial charge in [-0.15, -0.1) is 6.58 Å². The minimum Gasteiger partial charge on any atom is -0.468 e. The molecule has 0 fully saturated rings. The van der Waals surface area contributed by atoms with Gasteiger partial charge in [-0.2, -0.15) is 0 Å². The van der Waals surface area contributed by atoms with Crippen molar-refractivity contribution < 1.29 is 4.42 Å². The second-order valence-corrected chi connectivity index (χ2v) is 2.43. The third-order valence-corrected chi connectivity index (χ3v) is 1.54. The van der Waals surface area contributed by atoms with Gasteiger partial charge in [0.25, 0.3) is 0 Å². The van der Waals surface area contributed by atoms with Crippen LogP contribution in [0.25, 0.3) is 0 Å². The first kappa shape index (κ1) is 8.08. The maximum absolute atomic E-state index is 5.20. The van der Waals surface area contributed by atoms with Gasteiger partial charge in [0.1, 0.15) is 5.76 Å². The van der Waals surface area contributed by atoms with Crippen LogP contribution in [0.4, 0.5) is 0 Å². The number of nitrogens with one attached hydrogen (secondary N) is 1. The molecule has 60 valence electrons. The van der Waals surface area contributed by atoms with Gasteiger partial charge in [0.05, 0.1) is 12.3 Å². The highest BCUT2D eigenvalue weighted by Gasteiger charge is 2.04. The largest absolute Gasteiger partial charge is 0.468 e. The summed E-state index contributed by atoms with van der Waals surface area (Å²) in [5.41, 5.74) is 0. The Morgan fingerprint density at radius 3 is 3.18 bits per heavy atom. The Hall–Kier alpha value is -1.02. The minimum atomic E-state index is 0.267. The summed E-state index contributed by atoms with van der Waals surface area (Å²) in [6, 6.07) is 4.12. The van der Waals surface area contributed by atoms with E-state index in [0.717, 1.165) is 12.3 Å². The zero-order chi connectivity index (χ0) is 8.10. The molecule has 0 saturated heterocycles. The second kappa shape index (κ2) is 3.98. The summed E-state index contributed by atoms with van der Waals surface area (Å²) in [6.07, 6.45) is 3.51. The average molecular weight is 151 g/mol. The molecule has 0 aliphatic heterocycles. The summed E-state index contributed by atoms with van der Waals surface area (Å²) < 4.78 is 5.20. The molecule has 0 radical (unpaired) electrons. The van der Waals surface area contributed by atoms with E-state index in [1.165, 1.54) is 0 Å². The molecule has 1 aromatic rings. The van der Waals surface area contributed by atoms with E-state index in [1.54, 1.807) is 6.26 Å². The Balaban J connectivity index is 2.42. The van der Waals surface area contributed by atoms with Crippen LogP contribution in [0.2, 0.25) is 0 Å². The molecule has 1 N–H and O–H groups in total. The van der Waals surface area contributed by atoms with E-state index in [2.05, 4.69) is 18.8 Å². The number of furan rings is 1. The first-order valence-corrected chi connectivity index (χ1v) is 3.72. The zero-order valence-electron chi connectivity index (χ0n) is 6.71. The monoisotopic (exact) mass is 151 g/mol. The van der Waals surface area contributed by atoms with E-state index < -0.39 is 0 Å².